The molecule has 0 aliphatic carbocycles. The van der Waals surface area contributed by atoms with Gasteiger partial charge in [-0.2, -0.15) is 0 Å². The topological polar surface area (TPSA) is 67.2 Å². The van der Waals surface area contributed by atoms with E-state index in [2.05, 4.69) is 39.4 Å². The summed E-state index contributed by atoms with van der Waals surface area (Å²) in [7, 11) is 0. The molecule has 2 aliphatic rings. The molecular formula is C24H25N3O4. The summed E-state index contributed by atoms with van der Waals surface area (Å²) in [5.74, 6) is 1.99. The van der Waals surface area contributed by atoms with E-state index in [1.807, 2.05) is 18.2 Å². The number of para-hydroxylation sites is 1. The predicted octanol–water partition coefficient (Wildman–Crippen LogP) is 3.30. The maximum absolute atomic E-state index is 12.8. The van der Waals surface area contributed by atoms with Crippen LogP contribution in [0.25, 0.3) is 0 Å². The summed E-state index contributed by atoms with van der Waals surface area (Å²) in [6.07, 6.45) is 1.68. The quantitative estimate of drug-likeness (QED) is 0.661. The van der Waals surface area contributed by atoms with Gasteiger partial charge in [0.05, 0.1) is 12.3 Å². The van der Waals surface area contributed by atoms with Gasteiger partial charge in [0.1, 0.15) is 5.76 Å². The fourth-order valence-electron chi connectivity index (χ4n) is 4.15. The molecular weight excluding hydrogens is 394 g/mol. The highest BCUT2D eigenvalue weighted by Gasteiger charge is 2.27. The molecule has 0 saturated carbocycles. The van der Waals surface area contributed by atoms with Crippen LogP contribution >= 0.6 is 0 Å². The van der Waals surface area contributed by atoms with Gasteiger partial charge in [0.15, 0.2) is 11.5 Å². The molecule has 0 bridgehead atoms. The number of benzene rings is 2. The number of nitrogens with zero attached hydrogens (tertiary/aromatic N) is 2. The second kappa shape index (κ2) is 8.73. The Bertz CT molecular complexity index is 1010. The van der Waals surface area contributed by atoms with E-state index < -0.39 is 0 Å². The highest BCUT2D eigenvalue weighted by Crippen LogP contribution is 2.32. The third-order valence-electron chi connectivity index (χ3n) is 5.84. The van der Waals surface area contributed by atoms with Crippen molar-refractivity contribution >= 4 is 11.6 Å². The Hall–Kier alpha value is -3.45. The molecule has 1 N–H and O–H groups in total. The molecule has 1 aromatic heterocycles. The fourth-order valence-corrected chi connectivity index (χ4v) is 4.15. The van der Waals surface area contributed by atoms with Crippen molar-refractivity contribution in [2.75, 3.05) is 44.4 Å². The molecule has 160 valence electrons. The number of hydrogen-bond acceptors (Lipinski definition) is 6. The number of carbonyl (C=O) groups excluding carboxylic acids is 1. The van der Waals surface area contributed by atoms with Crippen LogP contribution in [0.3, 0.4) is 0 Å². The van der Waals surface area contributed by atoms with Gasteiger partial charge in [0.2, 0.25) is 6.79 Å². The zero-order chi connectivity index (χ0) is 21.0. The van der Waals surface area contributed by atoms with Crippen LogP contribution in [0.2, 0.25) is 0 Å². The van der Waals surface area contributed by atoms with Gasteiger partial charge in [-0.15, -0.1) is 0 Å². The first-order chi connectivity index (χ1) is 15.3. The van der Waals surface area contributed by atoms with E-state index in [-0.39, 0.29) is 18.7 Å². The fraction of sp³-hybridized carbons (Fsp3) is 0.292. The zero-order valence-corrected chi connectivity index (χ0v) is 17.2. The van der Waals surface area contributed by atoms with Crippen molar-refractivity contribution in [2.24, 2.45) is 0 Å². The number of ether oxygens (including phenoxy) is 2. The van der Waals surface area contributed by atoms with Gasteiger partial charge in [-0.3, -0.25) is 9.69 Å². The molecule has 0 spiro atoms. The van der Waals surface area contributed by atoms with Crippen molar-refractivity contribution in [3.8, 4) is 11.5 Å². The molecule has 7 heteroatoms. The SMILES string of the molecule is O=C(NC[C@H](c1ccco1)N1CCN(c2ccccc2)CC1)c1ccc2c(c1)OCO2. The standard InChI is InChI=1S/C24H25N3O4/c28-24(18-8-9-22-23(15-18)31-17-30-22)25-16-20(21-7-4-14-29-21)27-12-10-26(11-13-27)19-5-2-1-3-6-19/h1-9,14-15,20H,10-13,16-17H2,(H,25,28)/t20-/m1/s1. The number of furan rings is 1. The van der Waals surface area contributed by atoms with Crippen LogP contribution in [-0.2, 0) is 0 Å². The summed E-state index contributed by atoms with van der Waals surface area (Å²) in [5.41, 5.74) is 1.80. The Morgan fingerprint density at radius 2 is 1.74 bits per heavy atom. The van der Waals surface area contributed by atoms with Crippen LogP contribution in [0, 0.1) is 0 Å². The van der Waals surface area contributed by atoms with Gasteiger partial charge in [-0.25, -0.2) is 0 Å². The van der Waals surface area contributed by atoms with Crippen molar-refractivity contribution in [3.63, 3.8) is 0 Å². The first-order valence-corrected chi connectivity index (χ1v) is 10.5. The second-order valence-corrected chi connectivity index (χ2v) is 7.67. The summed E-state index contributed by atoms with van der Waals surface area (Å²) in [6.45, 7) is 4.29. The van der Waals surface area contributed by atoms with E-state index in [1.54, 1.807) is 24.5 Å². The number of nitrogens with one attached hydrogen (secondary N) is 1. The third kappa shape index (κ3) is 4.22. The number of piperazine rings is 1. The average Bonchev–Trinajstić information content (AvgIpc) is 3.52. The Morgan fingerprint density at radius 1 is 0.935 bits per heavy atom. The lowest BCUT2D eigenvalue weighted by molar-refractivity contribution is 0.0922. The lowest BCUT2D eigenvalue weighted by Crippen LogP contribution is -2.49. The van der Waals surface area contributed by atoms with E-state index in [4.69, 9.17) is 13.9 Å². The number of amides is 1. The lowest BCUT2D eigenvalue weighted by atomic mass is 10.1. The molecule has 3 heterocycles. The Kier molecular flexibility index (Phi) is 5.50. The van der Waals surface area contributed by atoms with Crippen LogP contribution in [0.1, 0.15) is 22.2 Å². The smallest absolute Gasteiger partial charge is 0.251 e. The zero-order valence-electron chi connectivity index (χ0n) is 17.2. The van der Waals surface area contributed by atoms with Gasteiger partial charge in [0.25, 0.3) is 5.91 Å². The van der Waals surface area contributed by atoms with Crippen molar-refractivity contribution in [2.45, 2.75) is 6.04 Å². The highest BCUT2D eigenvalue weighted by atomic mass is 16.7. The Morgan fingerprint density at radius 3 is 2.52 bits per heavy atom. The summed E-state index contributed by atoms with van der Waals surface area (Å²) in [5, 5.41) is 3.07. The normalized spacial score (nSPS) is 16.8. The van der Waals surface area contributed by atoms with Crippen LogP contribution in [0.4, 0.5) is 5.69 Å². The molecule has 2 aromatic carbocycles. The Labute approximate surface area is 181 Å². The first-order valence-electron chi connectivity index (χ1n) is 10.5. The van der Waals surface area contributed by atoms with Gasteiger partial charge >= 0.3 is 0 Å². The molecule has 3 aromatic rings. The molecule has 0 unspecified atom stereocenters. The van der Waals surface area contributed by atoms with Gasteiger partial charge in [-0.05, 0) is 42.5 Å². The second-order valence-electron chi connectivity index (χ2n) is 7.67. The van der Waals surface area contributed by atoms with Crippen LogP contribution in [-0.4, -0.2) is 50.3 Å². The van der Waals surface area contributed by atoms with Crippen LogP contribution < -0.4 is 19.7 Å². The molecule has 7 nitrogen and oxygen atoms in total. The van der Waals surface area contributed by atoms with Crippen molar-refractivity contribution in [3.05, 3.63) is 78.3 Å². The Balaban J connectivity index is 1.24. The molecule has 1 atom stereocenters. The summed E-state index contributed by atoms with van der Waals surface area (Å²) < 4.78 is 16.4. The van der Waals surface area contributed by atoms with E-state index in [1.165, 1.54) is 5.69 Å². The molecule has 2 aliphatic heterocycles. The molecule has 1 saturated heterocycles. The molecule has 5 rings (SSSR count). The molecule has 1 fully saturated rings. The lowest BCUT2D eigenvalue weighted by Gasteiger charge is -2.39. The van der Waals surface area contributed by atoms with E-state index >= 15 is 0 Å². The first kappa shape index (κ1) is 19.5. The van der Waals surface area contributed by atoms with Crippen molar-refractivity contribution in [1.82, 2.24) is 10.2 Å². The van der Waals surface area contributed by atoms with Crippen molar-refractivity contribution in [1.29, 1.82) is 0 Å². The van der Waals surface area contributed by atoms with Gasteiger partial charge < -0.3 is 24.1 Å². The number of rotatable bonds is 6. The van der Waals surface area contributed by atoms with Gasteiger partial charge in [-0.1, -0.05) is 18.2 Å². The largest absolute Gasteiger partial charge is 0.468 e. The summed E-state index contributed by atoms with van der Waals surface area (Å²) >= 11 is 0. The minimum Gasteiger partial charge on any atom is -0.468 e. The summed E-state index contributed by atoms with van der Waals surface area (Å²) in [6, 6.07) is 19.5. The maximum Gasteiger partial charge on any atom is 0.251 e. The van der Waals surface area contributed by atoms with E-state index in [9.17, 15) is 4.79 Å². The minimum absolute atomic E-state index is 0.0223. The van der Waals surface area contributed by atoms with Crippen LogP contribution in [0.5, 0.6) is 11.5 Å². The third-order valence-corrected chi connectivity index (χ3v) is 5.84. The predicted molar refractivity (Wildman–Crippen MR) is 117 cm³/mol. The highest BCUT2D eigenvalue weighted by molar-refractivity contribution is 5.95. The molecule has 1 amide bonds. The minimum atomic E-state index is -0.141. The van der Waals surface area contributed by atoms with Crippen LogP contribution in [0.15, 0.2) is 71.3 Å². The number of hydrogen-bond donors (Lipinski definition) is 1. The van der Waals surface area contributed by atoms with Crippen molar-refractivity contribution < 1.29 is 18.7 Å². The van der Waals surface area contributed by atoms with Gasteiger partial charge in [0, 0.05) is 44.0 Å². The molecule has 0 radical (unpaired) electrons. The number of fused-ring (bicyclic) bond motifs is 1. The van der Waals surface area contributed by atoms with E-state index in [0.717, 1.165) is 31.9 Å². The molecule has 31 heavy (non-hydrogen) atoms. The van der Waals surface area contributed by atoms with E-state index in [0.29, 0.717) is 23.6 Å². The maximum atomic E-state index is 12.8. The number of anilines is 1. The summed E-state index contributed by atoms with van der Waals surface area (Å²) in [4.78, 5) is 17.5. The average molecular weight is 419 g/mol. The monoisotopic (exact) mass is 419 g/mol. The number of carbonyl (C=O) groups is 1.